The van der Waals surface area contributed by atoms with E-state index in [4.69, 9.17) is 0 Å². The zero-order valence-corrected chi connectivity index (χ0v) is 13.0. The van der Waals surface area contributed by atoms with Crippen LogP contribution in [0.1, 0.15) is 16.7 Å². The Kier molecular flexibility index (Phi) is 4.22. The Balaban J connectivity index is 3.33. The molecule has 0 aliphatic heterocycles. The molecule has 1 rings (SSSR count). The standard InChI is InChI=1S/C9H10I2O2S/c1-6-3-4-8(7(2)5-6)9(10,11)14(12)13/h3-5,14H,1-2H3. The van der Waals surface area contributed by atoms with Crippen LogP contribution in [-0.2, 0) is 11.5 Å². The van der Waals surface area contributed by atoms with Gasteiger partial charge in [0, 0.05) is 0 Å². The van der Waals surface area contributed by atoms with E-state index in [9.17, 15) is 8.42 Å². The van der Waals surface area contributed by atoms with Crippen LogP contribution in [0.2, 0.25) is 0 Å². The molecule has 0 heterocycles. The minimum atomic E-state index is -2.47. The molecule has 78 valence electrons. The topological polar surface area (TPSA) is 34.1 Å². The van der Waals surface area contributed by atoms with E-state index in [1.54, 1.807) is 0 Å². The first-order chi connectivity index (χ1) is 6.35. The monoisotopic (exact) mass is 436 g/mol. The molecular formula is C9H10I2O2S. The summed E-state index contributed by atoms with van der Waals surface area (Å²) in [4.78, 5) is 0. The van der Waals surface area contributed by atoms with Crippen molar-refractivity contribution >= 4 is 55.9 Å². The molecule has 0 amide bonds. The predicted molar refractivity (Wildman–Crippen MR) is 75.9 cm³/mol. The molecule has 0 bridgehead atoms. The van der Waals surface area contributed by atoms with Gasteiger partial charge in [0.05, 0.1) is 0 Å². The molecule has 0 spiro atoms. The maximum absolute atomic E-state index is 11.1. The van der Waals surface area contributed by atoms with Crippen LogP contribution in [-0.4, -0.2) is 8.42 Å². The van der Waals surface area contributed by atoms with Gasteiger partial charge in [0.2, 0.25) is 0 Å². The van der Waals surface area contributed by atoms with Gasteiger partial charge < -0.3 is 0 Å². The Morgan fingerprint density at radius 1 is 1.21 bits per heavy atom. The number of hydrogen-bond donors (Lipinski definition) is 1. The highest BCUT2D eigenvalue weighted by Gasteiger charge is 2.30. The van der Waals surface area contributed by atoms with E-state index in [-0.39, 0.29) is 0 Å². The molecule has 0 atom stereocenters. The highest BCUT2D eigenvalue weighted by atomic mass is 127. The largest absolute Gasteiger partial charge is 0.229 e. The van der Waals surface area contributed by atoms with Crippen molar-refractivity contribution in [2.75, 3.05) is 0 Å². The summed E-state index contributed by atoms with van der Waals surface area (Å²) in [7, 11) is -2.47. The van der Waals surface area contributed by atoms with Gasteiger partial charge in [-0.05, 0) is 70.2 Å². The quantitative estimate of drug-likeness (QED) is 0.440. The van der Waals surface area contributed by atoms with Crippen molar-refractivity contribution < 1.29 is 8.42 Å². The van der Waals surface area contributed by atoms with Gasteiger partial charge in [-0.2, -0.15) is 0 Å². The van der Waals surface area contributed by atoms with E-state index in [1.807, 2.05) is 77.2 Å². The van der Waals surface area contributed by atoms with Crippen molar-refractivity contribution in [2.45, 2.75) is 14.6 Å². The summed E-state index contributed by atoms with van der Waals surface area (Å²) < 4.78 is 21.3. The molecule has 0 unspecified atom stereocenters. The van der Waals surface area contributed by atoms with Crippen molar-refractivity contribution in [2.24, 2.45) is 0 Å². The van der Waals surface area contributed by atoms with Crippen LogP contribution in [0.4, 0.5) is 0 Å². The van der Waals surface area contributed by atoms with Crippen molar-refractivity contribution in [3.05, 3.63) is 34.9 Å². The summed E-state index contributed by atoms with van der Waals surface area (Å²) in [6.45, 7) is 3.93. The molecule has 0 aliphatic rings. The fraction of sp³-hybridized carbons (Fsp3) is 0.333. The Morgan fingerprint density at radius 2 is 1.79 bits per heavy atom. The molecule has 2 nitrogen and oxygen atoms in total. The number of hydrogen-bond acceptors (Lipinski definition) is 2. The first kappa shape index (κ1) is 12.7. The number of halogens is 2. The van der Waals surface area contributed by atoms with E-state index in [1.165, 1.54) is 0 Å². The van der Waals surface area contributed by atoms with Crippen LogP contribution in [0.25, 0.3) is 0 Å². The van der Waals surface area contributed by atoms with Gasteiger partial charge in [-0.25, -0.2) is 8.42 Å². The van der Waals surface area contributed by atoms with Gasteiger partial charge in [0.1, 0.15) is 0 Å². The fourth-order valence-corrected chi connectivity index (χ4v) is 2.91. The second-order valence-corrected chi connectivity index (χ2v) is 11.3. The Labute approximate surface area is 113 Å². The molecule has 0 saturated heterocycles. The van der Waals surface area contributed by atoms with Crippen LogP contribution in [0.3, 0.4) is 0 Å². The maximum Gasteiger partial charge on any atom is 0.196 e. The molecular weight excluding hydrogens is 426 g/mol. The van der Waals surface area contributed by atoms with E-state index >= 15 is 0 Å². The average molecular weight is 436 g/mol. The maximum atomic E-state index is 11.1. The van der Waals surface area contributed by atoms with Gasteiger partial charge in [-0.15, -0.1) is 0 Å². The molecule has 0 radical (unpaired) electrons. The van der Waals surface area contributed by atoms with Crippen molar-refractivity contribution in [3.63, 3.8) is 0 Å². The zero-order valence-electron chi connectivity index (χ0n) is 7.75. The molecule has 5 heteroatoms. The summed E-state index contributed by atoms with van der Waals surface area (Å²) in [6.07, 6.45) is 0. The number of thiol groups is 1. The van der Waals surface area contributed by atoms with Gasteiger partial charge in [-0.3, -0.25) is 0 Å². The van der Waals surface area contributed by atoms with Crippen molar-refractivity contribution in [1.29, 1.82) is 0 Å². The normalized spacial score (nSPS) is 12.1. The third-order valence-electron chi connectivity index (χ3n) is 1.94. The van der Waals surface area contributed by atoms with Crippen LogP contribution in [0.15, 0.2) is 18.2 Å². The van der Waals surface area contributed by atoms with Crippen LogP contribution >= 0.6 is 45.2 Å². The molecule has 1 aromatic rings. The molecule has 14 heavy (non-hydrogen) atoms. The summed E-state index contributed by atoms with van der Waals surface area (Å²) in [5, 5.41) is 0. The fourth-order valence-electron chi connectivity index (χ4n) is 1.25. The Bertz CT molecular complexity index is 417. The summed E-state index contributed by atoms with van der Waals surface area (Å²) in [6, 6.07) is 5.82. The van der Waals surface area contributed by atoms with Gasteiger partial charge in [0.25, 0.3) is 0 Å². The lowest BCUT2D eigenvalue weighted by Gasteiger charge is -2.16. The zero-order chi connectivity index (χ0) is 10.9. The van der Waals surface area contributed by atoms with E-state index in [0.717, 1.165) is 16.7 Å². The molecule has 0 saturated carbocycles. The second kappa shape index (κ2) is 4.65. The van der Waals surface area contributed by atoms with E-state index in [2.05, 4.69) is 0 Å². The lowest BCUT2D eigenvalue weighted by atomic mass is 10.1. The predicted octanol–water partition coefficient (Wildman–Crippen LogP) is 2.90. The van der Waals surface area contributed by atoms with Crippen LogP contribution in [0, 0.1) is 13.8 Å². The van der Waals surface area contributed by atoms with Gasteiger partial charge in [-0.1, -0.05) is 23.8 Å². The number of rotatable bonds is 2. The van der Waals surface area contributed by atoms with Crippen molar-refractivity contribution in [3.8, 4) is 0 Å². The summed E-state index contributed by atoms with van der Waals surface area (Å²) in [5.41, 5.74) is 3.03. The molecule has 0 aromatic heterocycles. The summed E-state index contributed by atoms with van der Waals surface area (Å²) >= 11 is 3.92. The number of benzene rings is 1. The SMILES string of the molecule is Cc1ccc(C(I)(I)[SH](=O)=O)c(C)c1. The van der Waals surface area contributed by atoms with Crippen LogP contribution < -0.4 is 0 Å². The number of aryl methyl sites for hydroxylation is 2. The first-order valence-corrected chi connectivity index (χ1v) is 7.29. The highest BCUT2D eigenvalue weighted by molar-refractivity contribution is 14.2. The lowest BCUT2D eigenvalue weighted by molar-refractivity contribution is 0.613. The molecule has 0 fully saturated rings. The Morgan fingerprint density at radius 3 is 2.21 bits per heavy atom. The van der Waals surface area contributed by atoms with E-state index in [0.29, 0.717) is 0 Å². The number of alkyl halides is 2. The van der Waals surface area contributed by atoms with Crippen molar-refractivity contribution in [1.82, 2.24) is 0 Å². The van der Waals surface area contributed by atoms with Gasteiger partial charge >= 0.3 is 0 Å². The average Bonchev–Trinajstić information content (AvgIpc) is 2.02. The van der Waals surface area contributed by atoms with E-state index < -0.39 is 11.5 Å². The lowest BCUT2D eigenvalue weighted by Crippen LogP contribution is -2.12. The minimum Gasteiger partial charge on any atom is -0.229 e. The first-order valence-electron chi connectivity index (χ1n) is 3.95. The molecule has 1 aromatic carbocycles. The third kappa shape index (κ3) is 2.60. The highest BCUT2D eigenvalue weighted by Crippen LogP contribution is 2.41. The van der Waals surface area contributed by atoms with Gasteiger partial charge in [0.15, 0.2) is 11.5 Å². The second-order valence-electron chi connectivity index (χ2n) is 3.12. The smallest absolute Gasteiger partial charge is 0.196 e. The third-order valence-corrected chi connectivity index (χ3v) is 6.16. The summed E-state index contributed by atoms with van der Waals surface area (Å²) in [5.74, 6) is 0. The molecule has 0 aliphatic carbocycles. The van der Waals surface area contributed by atoms with Crippen LogP contribution in [0.5, 0.6) is 0 Å². The molecule has 0 N–H and O–H groups in total. The minimum absolute atomic E-state index is 0.831. The Hall–Kier alpha value is 0.630.